The first kappa shape index (κ1) is 15.4. The molecule has 0 saturated heterocycles. The van der Waals surface area contributed by atoms with Crippen LogP contribution in [0.2, 0.25) is 0 Å². The van der Waals surface area contributed by atoms with E-state index in [-0.39, 0.29) is 6.10 Å². The zero-order valence-corrected chi connectivity index (χ0v) is 13.2. The third-order valence-corrected chi connectivity index (χ3v) is 3.76. The van der Waals surface area contributed by atoms with Crippen molar-refractivity contribution < 1.29 is 17.9 Å². The Kier molecular flexibility index (Phi) is 4.22. The van der Waals surface area contributed by atoms with Gasteiger partial charge in [-0.2, -0.15) is 0 Å². The molecule has 2 aromatic rings. The third-order valence-electron chi connectivity index (χ3n) is 2.75. The lowest BCUT2D eigenvalue weighted by Crippen LogP contribution is -2.11. The van der Waals surface area contributed by atoms with Gasteiger partial charge in [0.25, 0.3) is 0 Å². The molecule has 21 heavy (non-hydrogen) atoms. The van der Waals surface area contributed by atoms with Gasteiger partial charge in [-0.15, -0.1) is 0 Å². The lowest BCUT2D eigenvalue weighted by Gasteiger charge is -2.15. The van der Waals surface area contributed by atoms with Gasteiger partial charge in [-0.25, -0.2) is 17.4 Å². The van der Waals surface area contributed by atoms with Gasteiger partial charge >= 0.3 is 0 Å². The Morgan fingerprint density at radius 1 is 1.24 bits per heavy atom. The predicted molar refractivity (Wildman–Crippen MR) is 80.2 cm³/mol. The minimum atomic E-state index is -3.41. The van der Waals surface area contributed by atoms with E-state index in [4.69, 9.17) is 9.47 Å². The maximum atomic E-state index is 11.7. The average molecular weight is 310 g/mol. The van der Waals surface area contributed by atoms with Crippen LogP contribution in [0, 0.1) is 0 Å². The van der Waals surface area contributed by atoms with Crippen LogP contribution in [0.1, 0.15) is 13.8 Å². The predicted octanol–water partition coefficient (Wildman–Crippen LogP) is 2.15. The van der Waals surface area contributed by atoms with Gasteiger partial charge in [0.05, 0.1) is 19.5 Å². The fourth-order valence-electron chi connectivity index (χ4n) is 1.92. The summed E-state index contributed by atoms with van der Waals surface area (Å²) < 4.78 is 35.5. The highest BCUT2D eigenvalue weighted by atomic mass is 32.2. The summed E-state index contributed by atoms with van der Waals surface area (Å²) in [5.41, 5.74) is 0.641. The van der Waals surface area contributed by atoms with E-state index < -0.39 is 10.0 Å². The zero-order chi connectivity index (χ0) is 15.6. The van der Waals surface area contributed by atoms with Crippen molar-refractivity contribution in [1.29, 1.82) is 0 Å². The van der Waals surface area contributed by atoms with Gasteiger partial charge in [-0.05, 0) is 32.0 Å². The number of ether oxygens (including phenoxy) is 2. The normalized spacial score (nSPS) is 11.7. The van der Waals surface area contributed by atoms with Crippen molar-refractivity contribution in [1.82, 2.24) is 8.96 Å². The maximum absolute atomic E-state index is 11.7. The van der Waals surface area contributed by atoms with Crippen LogP contribution in [-0.2, 0) is 10.0 Å². The Morgan fingerprint density at radius 2 is 1.95 bits per heavy atom. The molecule has 0 aliphatic heterocycles. The molecule has 0 spiro atoms. The topological polar surface area (TPSA) is 70.4 Å². The number of hydrogen-bond acceptors (Lipinski definition) is 5. The van der Waals surface area contributed by atoms with E-state index in [0.29, 0.717) is 22.9 Å². The van der Waals surface area contributed by atoms with Crippen molar-refractivity contribution in [2.24, 2.45) is 0 Å². The van der Waals surface area contributed by atoms with Crippen LogP contribution in [0.5, 0.6) is 11.5 Å². The van der Waals surface area contributed by atoms with Gasteiger partial charge in [0, 0.05) is 18.0 Å². The SMILES string of the molecule is COc1ccc(-c2nccn2S(C)(=O)=O)cc1OC(C)C. The van der Waals surface area contributed by atoms with Gasteiger partial charge in [-0.1, -0.05) is 0 Å². The summed E-state index contributed by atoms with van der Waals surface area (Å²) in [7, 11) is -1.85. The lowest BCUT2D eigenvalue weighted by atomic mass is 10.2. The molecule has 6 nitrogen and oxygen atoms in total. The van der Waals surface area contributed by atoms with Crippen molar-refractivity contribution in [3.63, 3.8) is 0 Å². The van der Waals surface area contributed by atoms with Crippen LogP contribution in [0.3, 0.4) is 0 Å². The molecule has 0 fully saturated rings. The van der Waals surface area contributed by atoms with Crippen LogP contribution >= 0.6 is 0 Å². The summed E-state index contributed by atoms with van der Waals surface area (Å²) in [6, 6.07) is 5.20. The minimum Gasteiger partial charge on any atom is -0.493 e. The number of rotatable bonds is 5. The van der Waals surface area contributed by atoms with Gasteiger partial charge in [0.15, 0.2) is 17.3 Å². The number of nitrogens with zero attached hydrogens (tertiary/aromatic N) is 2. The first-order valence-electron chi connectivity index (χ1n) is 6.42. The Morgan fingerprint density at radius 3 is 2.52 bits per heavy atom. The van der Waals surface area contributed by atoms with Crippen LogP contribution < -0.4 is 9.47 Å². The Hall–Kier alpha value is -2.02. The molecule has 2 rings (SSSR count). The molecule has 0 atom stereocenters. The highest BCUT2D eigenvalue weighted by Gasteiger charge is 2.16. The molecule has 0 unspecified atom stereocenters. The Bertz CT molecular complexity index is 735. The molecule has 0 aliphatic carbocycles. The molecule has 0 N–H and O–H groups in total. The number of benzene rings is 1. The lowest BCUT2D eigenvalue weighted by molar-refractivity contribution is 0.230. The molecule has 114 valence electrons. The van der Waals surface area contributed by atoms with E-state index in [0.717, 1.165) is 10.2 Å². The summed E-state index contributed by atoms with van der Waals surface area (Å²) in [4.78, 5) is 4.12. The monoisotopic (exact) mass is 310 g/mol. The molecule has 0 radical (unpaired) electrons. The first-order chi connectivity index (χ1) is 9.82. The van der Waals surface area contributed by atoms with Crippen molar-refractivity contribution >= 4 is 10.0 Å². The van der Waals surface area contributed by atoms with E-state index in [9.17, 15) is 8.42 Å². The van der Waals surface area contributed by atoms with E-state index in [1.165, 1.54) is 12.4 Å². The smallest absolute Gasteiger partial charge is 0.237 e. The maximum Gasteiger partial charge on any atom is 0.237 e. The van der Waals surface area contributed by atoms with Crippen LogP contribution in [0.4, 0.5) is 0 Å². The van der Waals surface area contributed by atoms with E-state index >= 15 is 0 Å². The number of methoxy groups -OCH3 is 1. The molecule has 1 aromatic heterocycles. The second-order valence-electron chi connectivity index (χ2n) is 4.84. The summed E-state index contributed by atoms with van der Waals surface area (Å²) in [6.45, 7) is 3.81. The molecule has 0 aliphatic rings. The molecule has 1 aromatic carbocycles. The summed E-state index contributed by atoms with van der Waals surface area (Å²) >= 11 is 0. The highest BCUT2D eigenvalue weighted by molar-refractivity contribution is 7.89. The summed E-state index contributed by atoms with van der Waals surface area (Å²) in [5, 5.41) is 0. The molecule has 0 saturated carbocycles. The third kappa shape index (κ3) is 3.36. The van der Waals surface area contributed by atoms with Crippen molar-refractivity contribution in [3.05, 3.63) is 30.6 Å². The van der Waals surface area contributed by atoms with Gasteiger partial charge in [0.1, 0.15) is 0 Å². The molecule has 0 bridgehead atoms. The van der Waals surface area contributed by atoms with E-state index in [1.54, 1.807) is 25.3 Å². The van der Waals surface area contributed by atoms with E-state index in [2.05, 4.69) is 4.98 Å². The quantitative estimate of drug-likeness (QED) is 0.846. The Balaban J connectivity index is 2.53. The average Bonchev–Trinajstić information content (AvgIpc) is 2.87. The largest absolute Gasteiger partial charge is 0.493 e. The Labute approximate surface area is 124 Å². The molecule has 1 heterocycles. The molecular weight excluding hydrogens is 292 g/mol. The molecule has 0 amide bonds. The molecular formula is C14H18N2O4S. The van der Waals surface area contributed by atoms with E-state index in [1.807, 2.05) is 13.8 Å². The minimum absolute atomic E-state index is 0.0243. The fourth-order valence-corrected chi connectivity index (χ4v) is 2.67. The number of imidazole rings is 1. The summed E-state index contributed by atoms with van der Waals surface area (Å²) in [5.74, 6) is 1.48. The highest BCUT2D eigenvalue weighted by Crippen LogP contribution is 2.32. The second-order valence-corrected chi connectivity index (χ2v) is 6.70. The first-order valence-corrected chi connectivity index (χ1v) is 8.26. The van der Waals surface area contributed by atoms with Crippen LogP contribution in [-0.4, -0.2) is 36.8 Å². The standard InChI is InChI=1S/C14H18N2O4S/c1-10(2)20-13-9-11(5-6-12(13)19-3)14-15-7-8-16(14)21(4,17)18/h5-10H,1-4H3. The zero-order valence-electron chi connectivity index (χ0n) is 12.4. The molecule has 7 heteroatoms. The van der Waals surface area contributed by atoms with Crippen LogP contribution in [0.25, 0.3) is 11.4 Å². The van der Waals surface area contributed by atoms with Crippen molar-refractivity contribution in [3.8, 4) is 22.9 Å². The van der Waals surface area contributed by atoms with Gasteiger partial charge in [-0.3, -0.25) is 0 Å². The van der Waals surface area contributed by atoms with Crippen molar-refractivity contribution in [2.45, 2.75) is 20.0 Å². The number of aromatic nitrogens is 2. The fraction of sp³-hybridized carbons (Fsp3) is 0.357. The van der Waals surface area contributed by atoms with Gasteiger partial charge in [0.2, 0.25) is 10.0 Å². The second kappa shape index (κ2) is 5.77. The van der Waals surface area contributed by atoms with Gasteiger partial charge < -0.3 is 9.47 Å². The van der Waals surface area contributed by atoms with Crippen molar-refractivity contribution in [2.75, 3.05) is 13.4 Å². The summed E-state index contributed by atoms with van der Waals surface area (Å²) in [6.07, 6.45) is 3.97. The van der Waals surface area contributed by atoms with Crippen LogP contribution in [0.15, 0.2) is 30.6 Å². The number of hydrogen-bond donors (Lipinski definition) is 0.